The van der Waals surface area contributed by atoms with E-state index in [0.29, 0.717) is 38.9 Å². The molecule has 0 aliphatic carbocycles. The molecule has 1 aromatic rings. The van der Waals surface area contributed by atoms with Gasteiger partial charge in [-0.1, -0.05) is 6.92 Å². The van der Waals surface area contributed by atoms with Crippen LogP contribution in [0.4, 0.5) is 0 Å². The van der Waals surface area contributed by atoms with Crippen molar-refractivity contribution >= 4 is 21.8 Å². The van der Waals surface area contributed by atoms with Crippen LogP contribution in [-0.4, -0.2) is 51.9 Å². The summed E-state index contributed by atoms with van der Waals surface area (Å²) in [4.78, 5) is 25.5. The van der Waals surface area contributed by atoms with Crippen LogP contribution in [0.5, 0.6) is 5.75 Å². The van der Waals surface area contributed by atoms with Gasteiger partial charge >= 0.3 is 0 Å². The molecule has 0 atom stereocenters. The van der Waals surface area contributed by atoms with Gasteiger partial charge in [-0.05, 0) is 37.5 Å². The first-order valence-corrected chi connectivity index (χ1v) is 10.0. The van der Waals surface area contributed by atoms with Crippen molar-refractivity contribution in [3.05, 3.63) is 23.8 Å². The van der Waals surface area contributed by atoms with Crippen LogP contribution >= 0.6 is 0 Å². The average Bonchev–Trinajstić information content (AvgIpc) is 2.65. The molecule has 1 aliphatic heterocycles. The zero-order chi connectivity index (χ0) is 19.3. The van der Waals surface area contributed by atoms with Crippen LogP contribution < -0.4 is 15.2 Å². The number of primary amides is 1. The largest absolute Gasteiger partial charge is 0.495 e. The summed E-state index contributed by atoms with van der Waals surface area (Å²) in [7, 11) is -2.40. The number of ether oxygens (including phenoxy) is 1. The summed E-state index contributed by atoms with van der Waals surface area (Å²) in [5.74, 6) is -0.666. The first-order valence-electron chi connectivity index (χ1n) is 8.56. The molecule has 9 heteroatoms. The summed E-state index contributed by atoms with van der Waals surface area (Å²) >= 11 is 0. The number of nitrogens with two attached hydrogens (primary N) is 1. The number of carbonyl (C=O) groups is 2. The van der Waals surface area contributed by atoms with Gasteiger partial charge in [0.25, 0.3) is 5.91 Å². The second-order valence-corrected chi connectivity index (χ2v) is 7.97. The monoisotopic (exact) mass is 383 g/mol. The molecule has 2 rings (SSSR count). The number of amides is 2. The Bertz CT molecular complexity index is 771. The SMILES string of the molecule is CCCNS(=O)(=O)c1cc(C(=O)N2CCC(C(N)=O)CC2)ccc1OC. The lowest BCUT2D eigenvalue weighted by Gasteiger charge is -2.30. The topological polar surface area (TPSA) is 119 Å². The maximum Gasteiger partial charge on any atom is 0.253 e. The minimum Gasteiger partial charge on any atom is -0.495 e. The first kappa shape index (κ1) is 20.2. The Balaban J connectivity index is 2.24. The highest BCUT2D eigenvalue weighted by atomic mass is 32.2. The molecule has 1 heterocycles. The fourth-order valence-corrected chi connectivity index (χ4v) is 4.21. The van der Waals surface area contributed by atoms with Crippen molar-refractivity contribution in [3.8, 4) is 5.75 Å². The minimum atomic E-state index is -3.78. The lowest BCUT2D eigenvalue weighted by atomic mass is 9.96. The number of hydrogen-bond acceptors (Lipinski definition) is 5. The van der Waals surface area contributed by atoms with Crippen LogP contribution in [0.2, 0.25) is 0 Å². The van der Waals surface area contributed by atoms with Crippen LogP contribution in [0, 0.1) is 5.92 Å². The van der Waals surface area contributed by atoms with E-state index >= 15 is 0 Å². The van der Waals surface area contributed by atoms with Crippen molar-refractivity contribution in [2.75, 3.05) is 26.7 Å². The van der Waals surface area contributed by atoms with Gasteiger partial charge in [-0.3, -0.25) is 9.59 Å². The third kappa shape index (κ3) is 4.53. The zero-order valence-corrected chi connectivity index (χ0v) is 15.8. The van der Waals surface area contributed by atoms with Gasteiger partial charge in [0.2, 0.25) is 15.9 Å². The second kappa shape index (κ2) is 8.50. The lowest BCUT2D eigenvalue weighted by molar-refractivity contribution is -0.123. The second-order valence-electron chi connectivity index (χ2n) is 6.23. The molecule has 8 nitrogen and oxygen atoms in total. The highest BCUT2D eigenvalue weighted by Crippen LogP contribution is 2.26. The van der Waals surface area contributed by atoms with Gasteiger partial charge in [0, 0.05) is 31.1 Å². The molecule has 1 aromatic carbocycles. The maximum absolute atomic E-state index is 12.7. The number of sulfonamides is 1. The number of nitrogens with one attached hydrogen (secondary N) is 1. The van der Waals surface area contributed by atoms with Crippen LogP contribution in [0.25, 0.3) is 0 Å². The van der Waals surface area contributed by atoms with Gasteiger partial charge in [0.15, 0.2) is 0 Å². The summed E-state index contributed by atoms with van der Waals surface area (Å²) in [6.45, 7) is 2.98. The lowest BCUT2D eigenvalue weighted by Crippen LogP contribution is -2.41. The minimum absolute atomic E-state index is 0.0636. The number of carbonyl (C=O) groups excluding carboxylic acids is 2. The van der Waals surface area contributed by atoms with Crippen molar-refractivity contribution in [2.45, 2.75) is 31.1 Å². The number of benzene rings is 1. The van der Waals surface area contributed by atoms with Crippen molar-refractivity contribution in [2.24, 2.45) is 11.7 Å². The Morgan fingerprint density at radius 1 is 1.31 bits per heavy atom. The van der Waals surface area contributed by atoms with Gasteiger partial charge in [-0.25, -0.2) is 13.1 Å². The van der Waals surface area contributed by atoms with Crippen LogP contribution in [0.1, 0.15) is 36.5 Å². The van der Waals surface area contributed by atoms with Gasteiger partial charge in [-0.15, -0.1) is 0 Å². The molecule has 0 radical (unpaired) electrons. The fraction of sp³-hybridized carbons (Fsp3) is 0.529. The molecule has 1 saturated heterocycles. The molecule has 0 saturated carbocycles. The molecule has 26 heavy (non-hydrogen) atoms. The van der Waals surface area contributed by atoms with Crippen molar-refractivity contribution in [1.82, 2.24) is 9.62 Å². The van der Waals surface area contributed by atoms with E-state index in [2.05, 4.69) is 4.72 Å². The van der Waals surface area contributed by atoms with E-state index in [1.807, 2.05) is 6.92 Å². The van der Waals surface area contributed by atoms with E-state index in [1.165, 1.54) is 19.2 Å². The molecule has 0 unspecified atom stereocenters. The summed E-state index contributed by atoms with van der Waals surface area (Å²) in [5, 5.41) is 0. The zero-order valence-electron chi connectivity index (χ0n) is 15.0. The molecule has 1 aliphatic rings. The fourth-order valence-electron chi connectivity index (χ4n) is 2.88. The number of hydrogen-bond donors (Lipinski definition) is 2. The Hall–Kier alpha value is -2.13. The van der Waals surface area contributed by atoms with Crippen molar-refractivity contribution < 1.29 is 22.7 Å². The predicted octanol–water partition coefficient (Wildman–Crippen LogP) is 0.721. The Morgan fingerprint density at radius 3 is 2.50 bits per heavy atom. The predicted molar refractivity (Wildman–Crippen MR) is 96.3 cm³/mol. The standard InChI is InChI=1S/C17H25N3O5S/c1-3-8-19-26(23,24)15-11-13(4-5-14(15)25-2)17(22)20-9-6-12(7-10-20)16(18)21/h4-5,11-12,19H,3,6-10H2,1-2H3,(H2,18,21). The first-order chi connectivity index (χ1) is 12.3. The van der Waals surface area contributed by atoms with Gasteiger partial charge < -0.3 is 15.4 Å². The quantitative estimate of drug-likeness (QED) is 0.719. The summed E-state index contributed by atoms with van der Waals surface area (Å²) in [5.41, 5.74) is 5.57. The summed E-state index contributed by atoms with van der Waals surface area (Å²) in [6, 6.07) is 4.35. The van der Waals surface area contributed by atoms with E-state index in [1.54, 1.807) is 11.0 Å². The third-order valence-corrected chi connectivity index (χ3v) is 5.91. The van der Waals surface area contributed by atoms with Crippen molar-refractivity contribution in [3.63, 3.8) is 0 Å². The summed E-state index contributed by atoms with van der Waals surface area (Å²) < 4.78 is 32.6. The molecular weight excluding hydrogens is 358 g/mol. The van der Waals surface area contributed by atoms with Gasteiger partial charge in [-0.2, -0.15) is 0 Å². The van der Waals surface area contributed by atoms with Gasteiger partial charge in [0.05, 0.1) is 7.11 Å². The smallest absolute Gasteiger partial charge is 0.253 e. The normalized spacial score (nSPS) is 15.7. The molecule has 3 N–H and O–H groups in total. The highest BCUT2D eigenvalue weighted by molar-refractivity contribution is 7.89. The van der Waals surface area contributed by atoms with Crippen LogP contribution in [0.3, 0.4) is 0 Å². The molecule has 144 valence electrons. The molecule has 1 fully saturated rings. The molecular formula is C17H25N3O5S. The van der Waals surface area contributed by atoms with E-state index in [-0.39, 0.29) is 33.9 Å². The van der Waals surface area contributed by atoms with E-state index in [9.17, 15) is 18.0 Å². The Kier molecular flexibility index (Phi) is 6.60. The molecule has 0 spiro atoms. The van der Waals surface area contributed by atoms with E-state index in [0.717, 1.165) is 0 Å². The van der Waals surface area contributed by atoms with Crippen molar-refractivity contribution in [1.29, 1.82) is 0 Å². The average molecular weight is 383 g/mol. The maximum atomic E-state index is 12.7. The number of methoxy groups -OCH3 is 1. The van der Waals surface area contributed by atoms with E-state index in [4.69, 9.17) is 10.5 Å². The highest BCUT2D eigenvalue weighted by Gasteiger charge is 2.28. The van der Waals surface area contributed by atoms with Gasteiger partial charge in [0.1, 0.15) is 10.6 Å². The Labute approximate surface area is 153 Å². The van der Waals surface area contributed by atoms with Crippen LogP contribution in [-0.2, 0) is 14.8 Å². The molecule has 0 aromatic heterocycles. The van der Waals surface area contributed by atoms with E-state index < -0.39 is 10.0 Å². The molecule has 0 bridgehead atoms. The third-order valence-electron chi connectivity index (χ3n) is 4.43. The van der Waals surface area contributed by atoms with Crippen LogP contribution in [0.15, 0.2) is 23.1 Å². The Morgan fingerprint density at radius 2 is 1.96 bits per heavy atom. The number of likely N-dealkylation sites (tertiary alicyclic amines) is 1. The molecule has 2 amide bonds. The summed E-state index contributed by atoms with van der Waals surface area (Å²) in [6.07, 6.45) is 1.68. The number of nitrogens with zero attached hydrogens (tertiary/aromatic N) is 1. The number of piperidine rings is 1. The number of rotatable bonds is 7.